The highest BCUT2D eigenvalue weighted by atomic mass is 32.1. The monoisotopic (exact) mass is 434 g/mol. The van der Waals surface area contributed by atoms with Gasteiger partial charge in [-0.15, -0.1) is 11.3 Å². The van der Waals surface area contributed by atoms with Gasteiger partial charge in [-0.2, -0.15) is 5.26 Å². The number of hydrogen-bond acceptors (Lipinski definition) is 7. The van der Waals surface area contributed by atoms with Crippen molar-refractivity contribution >= 4 is 34.4 Å². The van der Waals surface area contributed by atoms with Gasteiger partial charge in [0.25, 0.3) is 0 Å². The van der Waals surface area contributed by atoms with Crippen molar-refractivity contribution in [3.05, 3.63) is 76.3 Å². The topological polar surface area (TPSA) is 108 Å². The van der Waals surface area contributed by atoms with Gasteiger partial charge in [0, 0.05) is 35.5 Å². The molecule has 9 heteroatoms. The van der Waals surface area contributed by atoms with Gasteiger partial charge in [0.2, 0.25) is 5.91 Å². The van der Waals surface area contributed by atoms with E-state index in [1.54, 1.807) is 41.6 Å². The number of amides is 2. The SMILES string of the molecule is N#Cc1c(NC(=O)C=Cc2ccco2)sc2c1CCN(C(=O)OCc1cccnc1)C2. The molecule has 0 bridgehead atoms. The lowest BCUT2D eigenvalue weighted by Gasteiger charge is -2.26. The van der Waals surface area contributed by atoms with Gasteiger partial charge in [0.05, 0.1) is 18.4 Å². The second-order valence-electron chi connectivity index (χ2n) is 6.75. The van der Waals surface area contributed by atoms with Crippen LogP contribution in [0.5, 0.6) is 0 Å². The lowest BCUT2D eigenvalue weighted by molar-refractivity contribution is -0.111. The van der Waals surface area contributed by atoms with Crippen molar-refractivity contribution in [2.75, 3.05) is 11.9 Å². The molecule has 0 fully saturated rings. The first-order valence-electron chi connectivity index (χ1n) is 9.52. The molecule has 0 saturated carbocycles. The van der Waals surface area contributed by atoms with E-state index in [1.165, 1.54) is 23.7 Å². The Labute approximate surface area is 182 Å². The van der Waals surface area contributed by atoms with E-state index >= 15 is 0 Å². The largest absolute Gasteiger partial charge is 0.465 e. The molecule has 1 aliphatic heterocycles. The number of nitrogens with one attached hydrogen (secondary N) is 1. The minimum absolute atomic E-state index is 0.146. The van der Waals surface area contributed by atoms with Gasteiger partial charge in [-0.3, -0.25) is 9.78 Å². The summed E-state index contributed by atoms with van der Waals surface area (Å²) in [5, 5.41) is 12.8. The normalized spacial score (nSPS) is 12.9. The van der Waals surface area contributed by atoms with Crippen LogP contribution in [0.15, 0.2) is 53.4 Å². The van der Waals surface area contributed by atoms with Crippen LogP contribution in [0.2, 0.25) is 0 Å². The van der Waals surface area contributed by atoms with Crippen LogP contribution in [-0.4, -0.2) is 28.4 Å². The fourth-order valence-corrected chi connectivity index (χ4v) is 4.40. The molecule has 1 N–H and O–H groups in total. The maximum Gasteiger partial charge on any atom is 0.410 e. The summed E-state index contributed by atoms with van der Waals surface area (Å²) in [5.74, 6) is 0.195. The number of carbonyl (C=O) groups is 2. The van der Waals surface area contributed by atoms with E-state index in [4.69, 9.17) is 9.15 Å². The number of nitrogens with zero attached hydrogens (tertiary/aromatic N) is 3. The fraction of sp³-hybridized carbons (Fsp3) is 0.182. The number of furan rings is 1. The minimum Gasteiger partial charge on any atom is -0.465 e. The number of nitriles is 1. The molecular formula is C22H18N4O4S. The molecule has 0 aromatic carbocycles. The molecular weight excluding hydrogens is 416 g/mol. The van der Waals surface area contributed by atoms with E-state index < -0.39 is 6.09 Å². The van der Waals surface area contributed by atoms with Crippen molar-refractivity contribution in [3.63, 3.8) is 0 Å². The van der Waals surface area contributed by atoms with Gasteiger partial charge >= 0.3 is 6.09 Å². The van der Waals surface area contributed by atoms with Crippen LogP contribution in [-0.2, 0) is 29.1 Å². The Hall–Kier alpha value is -3.90. The molecule has 1 aliphatic rings. The number of carbonyl (C=O) groups excluding carboxylic acids is 2. The van der Waals surface area contributed by atoms with Crippen LogP contribution >= 0.6 is 11.3 Å². The van der Waals surface area contributed by atoms with Crippen LogP contribution < -0.4 is 5.32 Å². The van der Waals surface area contributed by atoms with E-state index in [2.05, 4.69) is 16.4 Å². The average molecular weight is 434 g/mol. The van der Waals surface area contributed by atoms with Crippen molar-refractivity contribution in [3.8, 4) is 6.07 Å². The third kappa shape index (κ3) is 4.82. The molecule has 0 unspecified atom stereocenters. The number of ether oxygens (including phenoxy) is 1. The third-order valence-electron chi connectivity index (χ3n) is 4.69. The number of aromatic nitrogens is 1. The quantitative estimate of drug-likeness (QED) is 0.609. The smallest absolute Gasteiger partial charge is 0.410 e. The van der Waals surface area contributed by atoms with Gasteiger partial charge < -0.3 is 19.4 Å². The molecule has 0 aliphatic carbocycles. The molecule has 0 spiro atoms. The van der Waals surface area contributed by atoms with E-state index in [9.17, 15) is 14.9 Å². The van der Waals surface area contributed by atoms with Crippen molar-refractivity contribution in [1.82, 2.24) is 9.88 Å². The van der Waals surface area contributed by atoms with Crippen molar-refractivity contribution in [2.24, 2.45) is 0 Å². The van der Waals surface area contributed by atoms with Gasteiger partial charge in [0.15, 0.2) is 0 Å². The third-order valence-corrected chi connectivity index (χ3v) is 5.82. The van der Waals surface area contributed by atoms with Crippen LogP contribution in [0.1, 0.15) is 27.3 Å². The molecule has 2 amide bonds. The summed E-state index contributed by atoms with van der Waals surface area (Å²) < 4.78 is 10.5. The predicted octanol–water partition coefficient (Wildman–Crippen LogP) is 3.95. The fourth-order valence-electron chi connectivity index (χ4n) is 3.18. The van der Waals surface area contributed by atoms with Crippen molar-refractivity contribution in [1.29, 1.82) is 5.26 Å². The first-order chi connectivity index (χ1) is 15.1. The molecule has 0 atom stereocenters. The second kappa shape index (κ2) is 9.28. The summed E-state index contributed by atoms with van der Waals surface area (Å²) in [6.45, 7) is 0.919. The zero-order valence-corrected chi connectivity index (χ0v) is 17.2. The lowest BCUT2D eigenvalue weighted by Crippen LogP contribution is -2.35. The highest BCUT2D eigenvalue weighted by molar-refractivity contribution is 7.16. The summed E-state index contributed by atoms with van der Waals surface area (Å²) >= 11 is 1.30. The summed E-state index contributed by atoms with van der Waals surface area (Å²) in [4.78, 5) is 31.2. The van der Waals surface area contributed by atoms with Gasteiger partial charge in [-0.05, 0) is 36.3 Å². The van der Waals surface area contributed by atoms with Crippen LogP contribution in [0, 0.1) is 11.3 Å². The Morgan fingerprint density at radius 3 is 3.03 bits per heavy atom. The molecule has 4 rings (SSSR count). The Balaban J connectivity index is 1.41. The van der Waals surface area contributed by atoms with Crippen LogP contribution in [0.3, 0.4) is 0 Å². The zero-order chi connectivity index (χ0) is 21.6. The van der Waals surface area contributed by atoms with Crippen molar-refractivity contribution in [2.45, 2.75) is 19.6 Å². The number of anilines is 1. The second-order valence-corrected chi connectivity index (χ2v) is 7.85. The number of pyridine rings is 1. The number of thiophene rings is 1. The molecule has 4 heterocycles. The molecule has 156 valence electrons. The molecule has 3 aromatic heterocycles. The lowest BCUT2D eigenvalue weighted by atomic mass is 10.0. The Morgan fingerprint density at radius 2 is 2.29 bits per heavy atom. The first-order valence-corrected chi connectivity index (χ1v) is 10.3. The summed E-state index contributed by atoms with van der Waals surface area (Å²) in [6.07, 6.45) is 7.82. The first kappa shape index (κ1) is 20.4. The minimum atomic E-state index is -0.423. The van der Waals surface area contributed by atoms with Crippen molar-refractivity contribution < 1.29 is 18.7 Å². The number of hydrogen-bond donors (Lipinski definition) is 1. The van der Waals surface area contributed by atoms with Crippen LogP contribution in [0.4, 0.5) is 9.80 Å². The van der Waals surface area contributed by atoms with E-state index in [1.807, 2.05) is 6.07 Å². The molecule has 8 nitrogen and oxygen atoms in total. The molecule has 0 saturated heterocycles. The van der Waals surface area contributed by atoms with E-state index in [-0.39, 0.29) is 12.5 Å². The van der Waals surface area contributed by atoms with Gasteiger partial charge in [-0.1, -0.05) is 6.07 Å². The zero-order valence-electron chi connectivity index (χ0n) is 16.4. The Kier molecular flexibility index (Phi) is 6.10. The Bertz CT molecular complexity index is 1150. The highest BCUT2D eigenvalue weighted by Crippen LogP contribution is 2.36. The van der Waals surface area contributed by atoms with Gasteiger partial charge in [-0.25, -0.2) is 4.79 Å². The van der Waals surface area contributed by atoms with Gasteiger partial charge in [0.1, 0.15) is 23.4 Å². The summed E-state index contributed by atoms with van der Waals surface area (Å²) in [7, 11) is 0. The number of fused-ring (bicyclic) bond motifs is 1. The maximum atomic E-state index is 12.5. The van der Waals surface area contributed by atoms with E-state index in [0.717, 1.165) is 16.0 Å². The molecule has 31 heavy (non-hydrogen) atoms. The highest BCUT2D eigenvalue weighted by Gasteiger charge is 2.28. The molecule has 0 radical (unpaired) electrons. The van der Waals surface area contributed by atoms with Crippen LogP contribution in [0.25, 0.3) is 6.08 Å². The average Bonchev–Trinajstić information content (AvgIpc) is 3.43. The Morgan fingerprint density at radius 1 is 1.39 bits per heavy atom. The predicted molar refractivity (Wildman–Crippen MR) is 114 cm³/mol. The summed E-state index contributed by atoms with van der Waals surface area (Å²) in [5.41, 5.74) is 2.13. The standard InChI is InChI=1S/C22H18N4O4S/c23-11-18-17-7-9-26(22(28)30-14-15-3-1-8-24-12-15)13-19(17)31-21(18)25-20(27)6-5-16-4-2-10-29-16/h1-6,8,10,12H,7,9,13-14H2,(H,25,27). The number of rotatable bonds is 5. The maximum absolute atomic E-state index is 12.5. The molecule has 3 aromatic rings. The van der Waals surface area contributed by atoms with E-state index in [0.29, 0.717) is 35.8 Å². The summed E-state index contributed by atoms with van der Waals surface area (Å²) in [6, 6.07) is 9.26.